The summed E-state index contributed by atoms with van der Waals surface area (Å²) in [5.41, 5.74) is 4.54. The fourth-order valence-electron chi connectivity index (χ4n) is 2.43. The number of hydrogen-bond acceptors (Lipinski definition) is 4. The third-order valence-corrected chi connectivity index (χ3v) is 4.24. The summed E-state index contributed by atoms with van der Waals surface area (Å²) in [6.07, 6.45) is 1.71. The maximum atomic E-state index is 5.74. The van der Waals surface area contributed by atoms with E-state index >= 15 is 0 Å². The van der Waals surface area contributed by atoms with Gasteiger partial charge in [-0.15, -0.1) is 12.4 Å². The highest BCUT2D eigenvalue weighted by atomic mass is 79.9. The first-order valence-corrected chi connectivity index (χ1v) is 8.37. The van der Waals surface area contributed by atoms with Gasteiger partial charge in [0, 0.05) is 28.5 Å². The maximum Gasteiger partial charge on any atom is 0.228 e. The third kappa shape index (κ3) is 4.00. The molecule has 4 rings (SSSR count). The number of oxazole rings is 1. The summed E-state index contributed by atoms with van der Waals surface area (Å²) in [7, 11) is 0. The summed E-state index contributed by atoms with van der Waals surface area (Å²) in [5, 5.41) is 3.41. The van der Waals surface area contributed by atoms with Gasteiger partial charge in [0.25, 0.3) is 0 Å². The highest BCUT2D eigenvalue weighted by Crippen LogP contribution is 2.24. The van der Waals surface area contributed by atoms with Crippen molar-refractivity contribution in [1.82, 2.24) is 9.97 Å². The van der Waals surface area contributed by atoms with E-state index in [0.717, 1.165) is 22.3 Å². The summed E-state index contributed by atoms with van der Waals surface area (Å²) in [4.78, 5) is 8.61. The highest BCUT2D eigenvalue weighted by molar-refractivity contribution is 9.10. The molecule has 6 heteroatoms. The summed E-state index contributed by atoms with van der Waals surface area (Å²) in [6.45, 7) is 0.777. The minimum Gasteiger partial charge on any atom is -0.434 e. The molecule has 0 saturated carbocycles. The maximum absolute atomic E-state index is 5.74. The number of fused-ring (bicyclic) bond motifs is 1. The predicted octanol–water partition coefficient (Wildman–Crippen LogP) is 5.69. The van der Waals surface area contributed by atoms with Crippen LogP contribution in [0.25, 0.3) is 22.7 Å². The molecule has 4 aromatic rings. The van der Waals surface area contributed by atoms with Crippen molar-refractivity contribution in [1.29, 1.82) is 0 Å². The lowest BCUT2D eigenvalue weighted by molar-refractivity contribution is 0.619. The fraction of sp³-hybridized carbons (Fsp3) is 0.0526. The van der Waals surface area contributed by atoms with E-state index in [4.69, 9.17) is 4.42 Å². The number of halogens is 2. The molecule has 0 aliphatic heterocycles. The van der Waals surface area contributed by atoms with E-state index in [1.165, 1.54) is 5.56 Å². The van der Waals surface area contributed by atoms with Crippen molar-refractivity contribution in [2.75, 3.05) is 5.32 Å². The van der Waals surface area contributed by atoms with Crippen LogP contribution >= 0.6 is 28.3 Å². The molecule has 0 aliphatic carbocycles. The molecule has 1 N–H and O–H groups in total. The van der Waals surface area contributed by atoms with Gasteiger partial charge < -0.3 is 9.73 Å². The van der Waals surface area contributed by atoms with Crippen LogP contribution in [-0.2, 0) is 6.54 Å². The Balaban J connectivity index is 0.00000182. The minimum absolute atomic E-state index is 0. The standard InChI is InChI=1S/C19H14BrN3O.ClH/c20-15-7-3-13(4-8-15)12-22-16-9-5-14(6-10-16)19-23-18-17(24-19)2-1-11-21-18;/h1-11,22H,12H2;1H. The van der Waals surface area contributed by atoms with Crippen LogP contribution in [0.4, 0.5) is 5.69 Å². The van der Waals surface area contributed by atoms with Gasteiger partial charge in [0.2, 0.25) is 5.89 Å². The number of nitrogens with zero attached hydrogens (tertiary/aromatic N) is 2. The number of aromatic nitrogens is 2. The van der Waals surface area contributed by atoms with Crippen LogP contribution in [-0.4, -0.2) is 9.97 Å². The van der Waals surface area contributed by atoms with Crippen molar-refractivity contribution < 1.29 is 4.42 Å². The molecule has 4 nitrogen and oxygen atoms in total. The zero-order chi connectivity index (χ0) is 16.4. The van der Waals surface area contributed by atoms with Crippen LogP contribution in [0.1, 0.15) is 5.56 Å². The topological polar surface area (TPSA) is 51.0 Å². The van der Waals surface area contributed by atoms with Gasteiger partial charge in [0.1, 0.15) is 0 Å². The number of benzene rings is 2. The first-order valence-electron chi connectivity index (χ1n) is 7.58. The van der Waals surface area contributed by atoms with E-state index in [1.807, 2.05) is 48.5 Å². The molecule has 0 radical (unpaired) electrons. The number of pyridine rings is 1. The van der Waals surface area contributed by atoms with Crippen molar-refractivity contribution >= 4 is 45.3 Å². The Morgan fingerprint density at radius 1 is 0.960 bits per heavy atom. The normalized spacial score (nSPS) is 10.4. The average Bonchev–Trinajstić information content (AvgIpc) is 3.06. The van der Waals surface area contributed by atoms with E-state index in [1.54, 1.807) is 6.20 Å². The van der Waals surface area contributed by atoms with E-state index in [0.29, 0.717) is 17.1 Å². The number of nitrogens with one attached hydrogen (secondary N) is 1. The zero-order valence-corrected chi connectivity index (χ0v) is 15.5. The SMILES string of the molecule is Brc1ccc(CNc2ccc(-c3nc4ncccc4o3)cc2)cc1.Cl. The van der Waals surface area contributed by atoms with E-state index in [9.17, 15) is 0 Å². The Morgan fingerprint density at radius 2 is 1.72 bits per heavy atom. The van der Waals surface area contributed by atoms with E-state index < -0.39 is 0 Å². The minimum atomic E-state index is 0. The van der Waals surface area contributed by atoms with Gasteiger partial charge in [-0.3, -0.25) is 0 Å². The molecule has 0 fully saturated rings. The molecule has 2 aromatic carbocycles. The zero-order valence-electron chi connectivity index (χ0n) is 13.1. The molecule has 0 saturated heterocycles. The summed E-state index contributed by atoms with van der Waals surface area (Å²) in [6, 6.07) is 20.0. The second-order valence-corrected chi connectivity index (χ2v) is 6.32. The molecular weight excluding hydrogens is 402 g/mol. The first kappa shape index (κ1) is 17.5. The highest BCUT2D eigenvalue weighted by Gasteiger charge is 2.08. The predicted molar refractivity (Wildman–Crippen MR) is 106 cm³/mol. The van der Waals surface area contributed by atoms with Crippen LogP contribution in [0, 0.1) is 0 Å². The summed E-state index contributed by atoms with van der Waals surface area (Å²) >= 11 is 3.44. The molecule has 0 spiro atoms. The first-order chi connectivity index (χ1) is 11.8. The largest absolute Gasteiger partial charge is 0.434 e. The quantitative estimate of drug-likeness (QED) is 0.464. The van der Waals surface area contributed by atoms with Crippen LogP contribution < -0.4 is 5.32 Å². The van der Waals surface area contributed by atoms with Crippen LogP contribution in [0.15, 0.2) is 75.8 Å². The molecule has 0 amide bonds. The average molecular weight is 417 g/mol. The lowest BCUT2D eigenvalue weighted by Crippen LogP contribution is -1.98. The van der Waals surface area contributed by atoms with Gasteiger partial charge in [0.05, 0.1) is 0 Å². The van der Waals surface area contributed by atoms with Crippen molar-refractivity contribution in [2.24, 2.45) is 0 Å². The Bertz CT molecular complexity index is 935. The smallest absolute Gasteiger partial charge is 0.228 e. The molecule has 0 aliphatic rings. The van der Waals surface area contributed by atoms with Gasteiger partial charge in [-0.2, -0.15) is 4.98 Å². The number of anilines is 1. The van der Waals surface area contributed by atoms with Gasteiger partial charge >= 0.3 is 0 Å². The summed E-state index contributed by atoms with van der Waals surface area (Å²) < 4.78 is 6.82. The van der Waals surface area contributed by atoms with Crippen molar-refractivity contribution in [3.8, 4) is 11.5 Å². The van der Waals surface area contributed by atoms with E-state index in [2.05, 4.69) is 43.3 Å². The van der Waals surface area contributed by atoms with Crippen LogP contribution in [0.5, 0.6) is 0 Å². The third-order valence-electron chi connectivity index (χ3n) is 3.71. The Kier molecular flexibility index (Phi) is 5.36. The Hall–Kier alpha value is -2.37. The molecule has 2 aromatic heterocycles. The summed E-state index contributed by atoms with van der Waals surface area (Å²) in [5.74, 6) is 0.586. The van der Waals surface area contributed by atoms with Crippen molar-refractivity contribution in [2.45, 2.75) is 6.54 Å². The molecule has 126 valence electrons. The number of rotatable bonds is 4. The van der Waals surface area contributed by atoms with Gasteiger partial charge in [-0.05, 0) is 54.1 Å². The molecule has 2 heterocycles. The lowest BCUT2D eigenvalue weighted by atomic mass is 10.2. The van der Waals surface area contributed by atoms with E-state index in [-0.39, 0.29) is 12.4 Å². The fourth-order valence-corrected chi connectivity index (χ4v) is 2.69. The monoisotopic (exact) mass is 415 g/mol. The molecule has 0 atom stereocenters. The van der Waals surface area contributed by atoms with Crippen LogP contribution in [0.2, 0.25) is 0 Å². The van der Waals surface area contributed by atoms with Gasteiger partial charge in [-0.25, -0.2) is 4.98 Å². The molecular formula is C19H15BrClN3O. The second kappa shape index (κ2) is 7.68. The Labute approximate surface area is 159 Å². The lowest BCUT2D eigenvalue weighted by Gasteiger charge is -2.07. The molecule has 25 heavy (non-hydrogen) atoms. The van der Waals surface area contributed by atoms with Crippen molar-refractivity contribution in [3.63, 3.8) is 0 Å². The van der Waals surface area contributed by atoms with Gasteiger partial charge in [0.15, 0.2) is 11.2 Å². The van der Waals surface area contributed by atoms with Crippen LogP contribution in [0.3, 0.4) is 0 Å². The number of hydrogen-bond donors (Lipinski definition) is 1. The van der Waals surface area contributed by atoms with Gasteiger partial charge in [-0.1, -0.05) is 28.1 Å². The molecule has 0 bridgehead atoms. The van der Waals surface area contributed by atoms with Crippen molar-refractivity contribution in [3.05, 3.63) is 76.9 Å². The molecule has 0 unspecified atom stereocenters. The Morgan fingerprint density at radius 3 is 2.44 bits per heavy atom. The second-order valence-electron chi connectivity index (χ2n) is 5.40.